The summed E-state index contributed by atoms with van der Waals surface area (Å²) in [4.78, 5) is 12.3. The van der Waals surface area contributed by atoms with E-state index in [1.807, 2.05) is 24.3 Å². The molecule has 1 N–H and O–H groups in total. The molecular weight excluding hydrogens is 234 g/mol. The molecule has 2 heteroatoms. The van der Waals surface area contributed by atoms with Gasteiger partial charge in [-0.05, 0) is 56.6 Å². The van der Waals surface area contributed by atoms with Gasteiger partial charge in [-0.15, -0.1) is 0 Å². The van der Waals surface area contributed by atoms with Crippen LogP contribution in [0.25, 0.3) is 0 Å². The van der Waals surface area contributed by atoms with Crippen LogP contribution >= 0.6 is 0 Å². The average molecular weight is 255 g/mol. The van der Waals surface area contributed by atoms with Crippen molar-refractivity contribution in [1.29, 1.82) is 0 Å². The summed E-state index contributed by atoms with van der Waals surface area (Å²) in [6.45, 7) is 2.06. The fourth-order valence-corrected chi connectivity index (χ4v) is 3.30. The van der Waals surface area contributed by atoms with E-state index in [1.165, 1.54) is 18.4 Å². The normalized spacial score (nSPS) is 30.7. The van der Waals surface area contributed by atoms with E-state index in [2.05, 4.69) is 24.4 Å². The second-order valence-electron chi connectivity index (χ2n) is 5.83. The number of carbonyl (C=O) groups is 1. The van der Waals surface area contributed by atoms with Crippen LogP contribution in [0.2, 0.25) is 0 Å². The molecule has 1 aromatic rings. The number of aryl methyl sites for hydroxylation is 1. The summed E-state index contributed by atoms with van der Waals surface area (Å²) in [5.74, 6) is 1.72. The molecule has 2 nitrogen and oxygen atoms in total. The summed E-state index contributed by atoms with van der Waals surface area (Å²) in [6.07, 6.45) is 9.15. The summed E-state index contributed by atoms with van der Waals surface area (Å²) in [5.41, 5.74) is 2.14. The molecule has 3 rings (SSSR count). The van der Waals surface area contributed by atoms with Crippen molar-refractivity contribution in [3.05, 3.63) is 42.0 Å². The minimum absolute atomic E-state index is 0.223. The smallest absolute Gasteiger partial charge is 0.228 e. The zero-order chi connectivity index (χ0) is 13.2. The molecule has 1 saturated carbocycles. The molecule has 2 aliphatic rings. The molecule has 1 amide bonds. The lowest BCUT2D eigenvalue weighted by Crippen LogP contribution is -2.15. The third-order valence-corrected chi connectivity index (χ3v) is 4.45. The number of hydrogen-bond acceptors (Lipinski definition) is 1. The number of carbonyl (C=O) groups excluding carboxylic acids is 1. The number of fused-ring (bicyclic) bond motifs is 1. The molecule has 0 unspecified atom stereocenters. The Labute approximate surface area is 114 Å². The van der Waals surface area contributed by atoms with Gasteiger partial charge < -0.3 is 5.32 Å². The summed E-state index contributed by atoms with van der Waals surface area (Å²) < 4.78 is 0. The Morgan fingerprint density at radius 1 is 1.05 bits per heavy atom. The van der Waals surface area contributed by atoms with Crippen molar-refractivity contribution in [3.8, 4) is 0 Å². The summed E-state index contributed by atoms with van der Waals surface area (Å²) in [5, 5.41) is 3.07. The maximum Gasteiger partial charge on any atom is 0.228 e. The monoisotopic (exact) mass is 255 g/mol. The number of allylic oxidation sites excluding steroid dienone is 2. The molecule has 0 saturated heterocycles. The van der Waals surface area contributed by atoms with Crippen molar-refractivity contribution in [2.24, 2.45) is 17.8 Å². The highest BCUT2D eigenvalue weighted by Crippen LogP contribution is 2.53. The minimum Gasteiger partial charge on any atom is -0.326 e. The molecule has 0 radical (unpaired) electrons. The van der Waals surface area contributed by atoms with Gasteiger partial charge in [-0.25, -0.2) is 0 Å². The first-order valence-electron chi connectivity index (χ1n) is 7.28. The number of rotatable bonds is 2. The van der Waals surface area contributed by atoms with Crippen molar-refractivity contribution >= 4 is 11.6 Å². The topological polar surface area (TPSA) is 29.1 Å². The van der Waals surface area contributed by atoms with Gasteiger partial charge in [0.2, 0.25) is 5.91 Å². The molecule has 1 aromatic carbocycles. The number of benzene rings is 1. The van der Waals surface area contributed by atoms with Crippen LogP contribution < -0.4 is 5.32 Å². The van der Waals surface area contributed by atoms with Crippen molar-refractivity contribution in [2.45, 2.75) is 32.6 Å². The van der Waals surface area contributed by atoms with E-state index in [1.54, 1.807) is 0 Å². The van der Waals surface area contributed by atoms with Gasteiger partial charge in [0.15, 0.2) is 0 Å². The number of hydrogen-bond donors (Lipinski definition) is 1. The molecule has 19 heavy (non-hydrogen) atoms. The van der Waals surface area contributed by atoms with Crippen LogP contribution in [-0.4, -0.2) is 5.91 Å². The van der Waals surface area contributed by atoms with Gasteiger partial charge in [-0.1, -0.05) is 29.8 Å². The van der Waals surface area contributed by atoms with E-state index in [0.717, 1.165) is 18.5 Å². The fourth-order valence-electron chi connectivity index (χ4n) is 3.30. The lowest BCUT2D eigenvalue weighted by Gasteiger charge is -2.05. The van der Waals surface area contributed by atoms with E-state index < -0.39 is 0 Å². The molecule has 1 fully saturated rings. The Bertz CT molecular complexity index is 472. The Hall–Kier alpha value is -1.57. The van der Waals surface area contributed by atoms with Crippen LogP contribution in [0.1, 0.15) is 31.2 Å². The van der Waals surface area contributed by atoms with Gasteiger partial charge in [-0.3, -0.25) is 4.79 Å². The number of nitrogens with one attached hydrogen (secondary N) is 1. The molecule has 2 aliphatic carbocycles. The Morgan fingerprint density at radius 3 is 2.21 bits per heavy atom. The Balaban J connectivity index is 1.61. The maximum absolute atomic E-state index is 12.3. The predicted octanol–water partition coefficient (Wildman–Crippen LogP) is 3.93. The minimum atomic E-state index is 0.223. The molecule has 0 spiro atoms. The van der Waals surface area contributed by atoms with Crippen LogP contribution in [0.3, 0.4) is 0 Å². The largest absolute Gasteiger partial charge is 0.326 e. The van der Waals surface area contributed by atoms with Crippen molar-refractivity contribution in [2.75, 3.05) is 5.32 Å². The van der Waals surface area contributed by atoms with Gasteiger partial charge in [0.25, 0.3) is 0 Å². The van der Waals surface area contributed by atoms with Crippen LogP contribution in [0, 0.1) is 24.7 Å². The number of amides is 1. The standard InChI is InChI=1S/C17H21NO/c1-12-8-10-13(11-9-12)18-17(19)16-14-6-4-2-3-5-7-15(14)16/h2-3,8-11,14-16H,4-7H2,1H3,(H,18,19)/b3-2-/t14-,15-/m0/s1. The van der Waals surface area contributed by atoms with Crippen molar-refractivity contribution in [3.63, 3.8) is 0 Å². The second-order valence-corrected chi connectivity index (χ2v) is 5.83. The zero-order valence-electron chi connectivity index (χ0n) is 11.4. The predicted molar refractivity (Wildman–Crippen MR) is 77.9 cm³/mol. The van der Waals surface area contributed by atoms with Crippen LogP contribution in [0.15, 0.2) is 36.4 Å². The first-order valence-corrected chi connectivity index (χ1v) is 7.28. The van der Waals surface area contributed by atoms with Crippen LogP contribution in [0.4, 0.5) is 5.69 Å². The first kappa shape index (κ1) is 12.5. The average Bonchev–Trinajstić information content (AvgIpc) is 3.03. The van der Waals surface area contributed by atoms with E-state index in [0.29, 0.717) is 11.8 Å². The lowest BCUT2D eigenvalue weighted by atomic mass is 10.1. The highest BCUT2D eigenvalue weighted by molar-refractivity contribution is 5.94. The molecular formula is C17H21NO. The highest BCUT2D eigenvalue weighted by Gasteiger charge is 2.53. The fraction of sp³-hybridized carbons (Fsp3) is 0.471. The molecule has 0 aromatic heterocycles. The SMILES string of the molecule is Cc1ccc(NC(=O)C2[C@H]3CC/C=C\CC[C@H]23)cc1. The van der Waals surface area contributed by atoms with Gasteiger partial charge in [-0.2, -0.15) is 0 Å². The van der Waals surface area contributed by atoms with Gasteiger partial charge >= 0.3 is 0 Å². The molecule has 2 atom stereocenters. The summed E-state index contributed by atoms with van der Waals surface area (Å²) in [7, 11) is 0. The van der Waals surface area contributed by atoms with E-state index in [-0.39, 0.29) is 11.8 Å². The van der Waals surface area contributed by atoms with Crippen molar-refractivity contribution < 1.29 is 4.79 Å². The van der Waals surface area contributed by atoms with E-state index >= 15 is 0 Å². The third-order valence-electron chi connectivity index (χ3n) is 4.45. The number of anilines is 1. The van der Waals surface area contributed by atoms with Crippen LogP contribution in [0.5, 0.6) is 0 Å². The van der Waals surface area contributed by atoms with Gasteiger partial charge in [0.05, 0.1) is 0 Å². The second kappa shape index (κ2) is 5.20. The van der Waals surface area contributed by atoms with Gasteiger partial charge in [0.1, 0.15) is 0 Å². The molecule has 0 bridgehead atoms. The summed E-state index contributed by atoms with van der Waals surface area (Å²) >= 11 is 0. The van der Waals surface area contributed by atoms with Gasteiger partial charge in [0, 0.05) is 11.6 Å². The Kier molecular flexibility index (Phi) is 3.41. The lowest BCUT2D eigenvalue weighted by molar-refractivity contribution is -0.117. The van der Waals surface area contributed by atoms with E-state index in [4.69, 9.17) is 0 Å². The zero-order valence-corrected chi connectivity index (χ0v) is 11.4. The summed E-state index contributed by atoms with van der Waals surface area (Å²) in [6, 6.07) is 8.05. The quantitative estimate of drug-likeness (QED) is 0.797. The Morgan fingerprint density at radius 2 is 1.63 bits per heavy atom. The van der Waals surface area contributed by atoms with Crippen molar-refractivity contribution in [1.82, 2.24) is 0 Å². The highest BCUT2D eigenvalue weighted by atomic mass is 16.2. The molecule has 0 heterocycles. The first-order chi connectivity index (χ1) is 9.25. The molecule has 100 valence electrons. The van der Waals surface area contributed by atoms with Crippen LogP contribution in [-0.2, 0) is 4.79 Å². The van der Waals surface area contributed by atoms with E-state index in [9.17, 15) is 4.79 Å². The third kappa shape index (κ3) is 2.73. The maximum atomic E-state index is 12.3. The molecule has 0 aliphatic heterocycles.